The lowest BCUT2D eigenvalue weighted by Gasteiger charge is -2.03. The van der Waals surface area contributed by atoms with Crippen molar-refractivity contribution in [1.29, 1.82) is 0 Å². The van der Waals surface area contributed by atoms with E-state index in [-0.39, 0.29) is 0 Å². The number of imidazole rings is 2. The van der Waals surface area contributed by atoms with Gasteiger partial charge in [-0.25, -0.2) is 9.97 Å². The molecule has 13 heteroatoms. The lowest BCUT2D eigenvalue weighted by atomic mass is 10.4. The highest BCUT2D eigenvalue weighted by Crippen LogP contribution is 2.29. The molecule has 4 heterocycles. The van der Waals surface area contributed by atoms with Gasteiger partial charge in [-0.1, -0.05) is 46.5 Å². The Morgan fingerprint density at radius 2 is 1.45 bits per heavy atom. The Hall–Kier alpha value is -2.96. The van der Waals surface area contributed by atoms with Gasteiger partial charge in [-0.05, 0) is 47.7 Å². The Balaban J connectivity index is 0.000000137. The summed E-state index contributed by atoms with van der Waals surface area (Å²) >= 11 is 14.9. The van der Waals surface area contributed by atoms with E-state index in [9.17, 15) is 0 Å². The van der Waals surface area contributed by atoms with Gasteiger partial charge in [0.15, 0.2) is 10.3 Å². The molecule has 0 atom stereocenters. The van der Waals surface area contributed by atoms with Crippen molar-refractivity contribution >= 4 is 67.7 Å². The summed E-state index contributed by atoms with van der Waals surface area (Å²) in [5, 5.41) is 12.0. The van der Waals surface area contributed by atoms with Crippen molar-refractivity contribution in [1.82, 2.24) is 29.2 Å². The zero-order chi connectivity index (χ0) is 23.5. The Morgan fingerprint density at radius 3 is 1.97 bits per heavy atom. The van der Waals surface area contributed by atoms with Gasteiger partial charge in [-0.15, -0.1) is 9.03 Å². The second-order valence-electron chi connectivity index (χ2n) is 7.38. The predicted octanol–water partition coefficient (Wildman–Crippen LogP) is 5.31. The van der Waals surface area contributed by atoms with Gasteiger partial charge in [0.25, 0.3) is 17.3 Å². The molecule has 4 aromatic rings. The molecule has 33 heavy (non-hydrogen) atoms. The number of hydrogen-bond acceptors (Lipinski definition) is 6. The zero-order valence-electron chi connectivity index (χ0n) is 17.1. The smallest absolute Gasteiger partial charge is 0.275 e. The van der Waals surface area contributed by atoms with E-state index >= 15 is 0 Å². The van der Waals surface area contributed by atoms with Gasteiger partial charge in [0.1, 0.15) is 5.69 Å². The fourth-order valence-electron chi connectivity index (χ4n) is 2.62. The quantitative estimate of drug-likeness (QED) is 0.329. The topological polar surface area (TPSA) is 107 Å². The highest BCUT2D eigenvalue weighted by atomic mass is 79.9. The van der Waals surface area contributed by atoms with Crippen LogP contribution in [0.2, 0.25) is 10.3 Å². The number of nitrogens with zero attached hydrogens (tertiary/aromatic N) is 8. The molecular weight excluding hydrogens is 531 g/mol. The number of rotatable bonds is 2. The highest BCUT2D eigenvalue weighted by Gasteiger charge is 2.24. The Bertz CT molecular complexity index is 1390. The molecule has 6 rings (SSSR count). The van der Waals surface area contributed by atoms with E-state index in [1.54, 1.807) is 12.1 Å². The third-order valence-electron chi connectivity index (χ3n) is 4.58. The fourth-order valence-corrected chi connectivity index (χ4v) is 3.61. The highest BCUT2D eigenvalue weighted by molar-refractivity contribution is 9.10. The Labute approximate surface area is 207 Å². The van der Waals surface area contributed by atoms with E-state index in [0.29, 0.717) is 45.3 Å². The molecule has 3 N–H and O–H groups in total. The number of halogens is 3. The van der Waals surface area contributed by atoms with Crippen molar-refractivity contribution in [2.24, 2.45) is 5.73 Å². The molecule has 0 unspecified atom stereocenters. The minimum Gasteiger partial charge on any atom is -0.377 e. The van der Waals surface area contributed by atoms with Gasteiger partial charge >= 0.3 is 0 Å². The molecule has 2 fully saturated rings. The number of fused-ring (bicyclic) bond motifs is 2. The van der Waals surface area contributed by atoms with Crippen LogP contribution in [-0.4, -0.2) is 41.3 Å². The monoisotopic (exact) mass is 546 g/mol. The third-order valence-corrected chi connectivity index (χ3v) is 5.54. The minimum atomic E-state index is 0.322. The van der Waals surface area contributed by atoms with Gasteiger partial charge in [0, 0.05) is 18.2 Å². The van der Waals surface area contributed by atoms with E-state index in [1.165, 1.54) is 47.1 Å². The number of aromatic nitrogens is 6. The largest absolute Gasteiger partial charge is 0.377 e. The first kappa shape index (κ1) is 23.2. The van der Waals surface area contributed by atoms with Crippen molar-refractivity contribution in [2.75, 3.05) is 5.32 Å². The molecule has 2 saturated carbocycles. The van der Waals surface area contributed by atoms with Crippen LogP contribution >= 0.6 is 39.1 Å². The van der Waals surface area contributed by atoms with Gasteiger partial charge in [0.05, 0.1) is 16.9 Å². The summed E-state index contributed by atoms with van der Waals surface area (Å²) < 4.78 is 3.60. The molecule has 0 aromatic carbocycles. The molecule has 4 aromatic heterocycles. The number of anilines is 1. The first-order chi connectivity index (χ1) is 15.9. The van der Waals surface area contributed by atoms with Crippen LogP contribution in [0.25, 0.3) is 21.0 Å². The zero-order valence-corrected chi connectivity index (χ0v) is 20.2. The molecule has 2 aliphatic rings. The summed E-state index contributed by atoms with van der Waals surface area (Å²) in [5.41, 5.74) is 7.31. The first-order valence-corrected chi connectivity index (χ1v) is 11.5. The van der Waals surface area contributed by atoms with Gasteiger partial charge < -0.3 is 20.7 Å². The SMILES string of the molecule is NC1CC1.[C-]#[N+]c1cnc2c(Br)cc(Cl)nn12.[C-]#[N+]c1cnc2c(NC3CC3)cc(Cl)nn12. The molecule has 0 spiro atoms. The standard InChI is InChI=1S/C10H8ClN5.C7H2BrClN4.C3H7N/c1-12-9-5-13-10-7(14-6-2-3-6)4-8(11)15-16(9)10;1-10-6-3-11-7-4(8)2-5(9)12-13(6)7;4-3-1-2-3/h4-6,14H,2-3H2;2-3H;3H,1-2,4H2. The Morgan fingerprint density at radius 1 is 0.939 bits per heavy atom. The van der Waals surface area contributed by atoms with E-state index in [4.69, 9.17) is 42.1 Å². The van der Waals surface area contributed by atoms with Crippen LogP contribution in [0.15, 0.2) is 29.0 Å². The summed E-state index contributed by atoms with van der Waals surface area (Å²) in [5.74, 6) is 0.717. The van der Waals surface area contributed by atoms with Gasteiger partial charge in [-0.3, -0.25) is 0 Å². The summed E-state index contributed by atoms with van der Waals surface area (Å²) in [7, 11) is 0. The van der Waals surface area contributed by atoms with Crippen LogP contribution in [-0.2, 0) is 0 Å². The third kappa shape index (κ3) is 5.70. The molecule has 0 amide bonds. The Kier molecular flexibility index (Phi) is 6.96. The summed E-state index contributed by atoms with van der Waals surface area (Å²) in [6, 6.07) is 4.48. The van der Waals surface area contributed by atoms with Crippen molar-refractivity contribution < 1.29 is 0 Å². The fraction of sp³-hybridized carbons (Fsp3) is 0.300. The van der Waals surface area contributed by atoms with E-state index < -0.39 is 0 Å². The molecule has 10 nitrogen and oxygen atoms in total. The predicted molar refractivity (Wildman–Crippen MR) is 130 cm³/mol. The molecule has 0 bridgehead atoms. The lowest BCUT2D eigenvalue weighted by molar-refractivity contribution is 0.946. The maximum Gasteiger partial charge on any atom is 0.275 e. The molecule has 2 aliphatic carbocycles. The van der Waals surface area contributed by atoms with Crippen LogP contribution < -0.4 is 11.1 Å². The van der Waals surface area contributed by atoms with Crippen LogP contribution in [0, 0.1) is 13.1 Å². The second kappa shape index (κ2) is 9.89. The summed E-state index contributed by atoms with van der Waals surface area (Å²) in [6.07, 6.45) is 7.82. The van der Waals surface area contributed by atoms with E-state index in [1.807, 2.05) is 0 Å². The van der Waals surface area contributed by atoms with E-state index in [2.05, 4.69) is 51.1 Å². The van der Waals surface area contributed by atoms with Crippen LogP contribution in [0.4, 0.5) is 17.3 Å². The maximum absolute atomic E-state index is 7.00. The number of nitrogens with one attached hydrogen (secondary N) is 1. The van der Waals surface area contributed by atoms with E-state index in [0.717, 1.165) is 10.2 Å². The molecular formula is C20H17BrCl2N10. The first-order valence-electron chi connectivity index (χ1n) is 9.90. The second-order valence-corrected chi connectivity index (χ2v) is 9.01. The van der Waals surface area contributed by atoms with Crippen LogP contribution in [0.5, 0.6) is 0 Å². The molecule has 0 saturated heterocycles. The van der Waals surface area contributed by atoms with Crippen molar-refractivity contribution in [2.45, 2.75) is 37.8 Å². The average Bonchev–Trinajstić information content (AvgIpc) is 3.68. The van der Waals surface area contributed by atoms with Crippen molar-refractivity contribution in [3.05, 3.63) is 62.1 Å². The normalized spacial score (nSPS) is 14.5. The van der Waals surface area contributed by atoms with Crippen molar-refractivity contribution in [3.8, 4) is 0 Å². The molecule has 0 radical (unpaired) electrons. The van der Waals surface area contributed by atoms with Crippen molar-refractivity contribution in [3.63, 3.8) is 0 Å². The lowest BCUT2D eigenvalue weighted by Crippen LogP contribution is -2.04. The average molecular weight is 548 g/mol. The van der Waals surface area contributed by atoms with Gasteiger partial charge in [-0.2, -0.15) is 0 Å². The molecule has 168 valence electrons. The summed E-state index contributed by atoms with van der Waals surface area (Å²) in [6.45, 7) is 13.8. The van der Waals surface area contributed by atoms with Gasteiger partial charge in [0.2, 0.25) is 5.65 Å². The number of hydrogen-bond donors (Lipinski definition) is 2. The minimum absolute atomic E-state index is 0.322. The van der Waals surface area contributed by atoms with Crippen LogP contribution in [0.1, 0.15) is 25.7 Å². The number of nitrogens with two attached hydrogens (primary N) is 1. The maximum atomic E-state index is 7.00. The summed E-state index contributed by atoms with van der Waals surface area (Å²) in [4.78, 5) is 14.8. The molecule has 0 aliphatic heterocycles. The van der Waals surface area contributed by atoms with Crippen LogP contribution in [0.3, 0.4) is 0 Å².